The molecule has 0 aliphatic carbocycles. The van der Waals surface area contributed by atoms with E-state index in [9.17, 15) is 0 Å². The van der Waals surface area contributed by atoms with Gasteiger partial charge in [-0.05, 0) is 36.1 Å². The Balaban J connectivity index is 1.81. The summed E-state index contributed by atoms with van der Waals surface area (Å²) in [5.74, 6) is 0. The Morgan fingerprint density at radius 2 is 1.30 bits per heavy atom. The van der Waals surface area contributed by atoms with Gasteiger partial charge >= 0.3 is 0 Å². The predicted molar refractivity (Wildman–Crippen MR) is 117 cm³/mol. The maximum absolute atomic E-state index is 4.29. The fraction of sp³-hybridized carbons (Fsp3) is 0.154. The number of benzene rings is 3. The molecule has 0 atom stereocenters. The number of rotatable bonds is 7. The summed E-state index contributed by atoms with van der Waals surface area (Å²) >= 11 is 0. The van der Waals surface area contributed by atoms with Crippen LogP contribution in [-0.4, -0.2) is 0 Å². The normalized spacial score (nSPS) is 10.6. The molecule has 0 aliphatic rings. The Morgan fingerprint density at radius 3 is 1.74 bits per heavy atom. The first-order valence-electron chi connectivity index (χ1n) is 9.34. The fourth-order valence-electron chi connectivity index (χ4n) is 3.15. The highest BCUT2D eigenvalue weighted by molar-refractivity contribution is 5.47. The van der Waals surface area contributed by atoms with E-state index in [1.807, 2.05) is 6.08 Å². The molecule has 0 saturated carbocycles. The lowest BCUT2D eigenvalue weighted by Crippen LogP contribution is -2.22. The largest absolute Gasteiger partial charge is 0.378 e. The second kappa shape index (κ2) is 8.55. The van der Waals surface area contributed by atoms with Crippen LogP contribution in [0.4, 0.5) is 0 Å². The molecule has 0 radical (unpaired) electrons. The standard InChI is InChI=1S/C26H27N/c1-5-22-10-12-23(13-11-22)18-21(4)27-26(24-14-6-19(2)7-15-24)25-16-8-20(3)9-17-25/h5-17,26-27H,1,4,18H2,2-3H3. The van der Waals surface area contributed by atoms with E-state index < -0.39 is 0 Å². The van der Waals surface area contributed by atoms with Gasteiger partial charge in [-0.15, -0.1) is 0 Å². The predicted octanol–water partition coefficient (Wildman–Crippen LogP) is 6.38. The second-order valence-electron chi connectivity index (χ2n) is 7.12. The van der Waals surface area contributed by atoms with Crippen LogP contribution in [0.25, 0.3) is 6.08 Å². The van der Waals surface area contributed by atoms with Crippen molar-refractivity contribution in [3.8, 4) is 0 Å². The van der Waals surface area contributed by atoms with Crippen molar-refractivity contribution >= 4 is 6.08 Å². The highest BCUT2D eigenvalue weighted by Gasteiger charge is 2.14. The summed E-state index contributed by atoms with van der Waals surface area (Å²) in [5.41, 5.74) is 8.40. The molecule has 136 valence electrons. The van der Waals surface area contributed by atoms with Gasteiger partial charge in [0.2, 0.25) is 0 Å². The average molecular weight is 354 g/mol. The van der Waals surface area contributed by atoms with Crippen molar-refractivity contribution in [2.45, 2.75) is 26.3 Å². The Morgan fingerprint density at radius 1 is 0.815 bits per heavy atom. The van der Waals surface area contributed by atoms with Gasteiger partial charge in [0.1, 0.15) is 0 Å². The van der Waals surface area contributed by atoms with E-state index >= 15 is 0 Å². The molecule has 0 bridgehead atoms. The van der Waals surface area contributed by atoms with Crippen molar-refractivity contribution < 1.29 is 0 Å². The molecule has 0 heterocycles. The van der Waals surface area contributed by atoms with E-state index in [1.165, 1.54) is 27.8 Å². The monoisotopic (exact) mass is 353 g/mol. The van der Waals surface area contributed by atoms with Crippen LogP contribution in [0.1, 0.15) is 39.4 Å². The van der Waals surface area contributed by atoms with Crippen LogP contribution >= 0.6 is 0 Å². The first-order valence-corrected chi connectivity index (χ1v) is 9.34. The summed E-state index contributed by atoms with van der Waals surface area (Å²) in [7, 11) is 0. The van der Waals surface area contributed by atoms with E-state index in [0.717, 1.165) is 17.7 Å². The van der Waals surface area contributed by atoms with E-state index in [-0.39, 0.29) is 6.04 Å². The smallest absolute Gasteiger partial charge is 0.0764 e. The Kier molecular flexibility index (Phi) is 5.93. The zero-order valence-electron chi connectivity index (χ0n) is 16.2. The third kappa shape index (κ3) is 4.98. The van der Waals surface area contributed by atoms with Gasteiger partial charge in [-0.25, -0.2) is 0 Å². The SMILES string of the molecule is C=Cc1ccc(CC(=C)NC(c2ccc(C)cc2)c2ccc(C)cc2)cc1. The van der Waals surface area contributed by atoms with Crippen LogP contribution in [0, 0.1) is 13.8 Å². The van der Waals surface area contributed by atoms with Gasteiger partial charge in [-0.1, -0.05) is 103 Å². The average Bonchev–Trinajstić information content (AvgIpc) is 2.68. The molecular formula is C26H27N. The topological polar surface area (TPSA) is 12.0 Å². The van der Waals surface area contributed by atoms with Crippen LogP contribution in [-0.2, 0) is 6.42 Å². The third-order valence-corrected chi connectivity index (χ3v) is 4.80. The first kappa shape index (κ1) is 18.7. The molecule has 27 heavy (non-hydrogen) atoms. The summed E-state index contributed by atoms with van der Waals surface area (Å²) < 4.78 is 0. The lowest BCUT2D eigenvalue weighted by atomic mass is 9.96. The molecule has 1 N–H and O–H groups in total. The van der Waals surface area contributed by atoms with Crippen LogP contribution in [0.2, 0.25) is 0 Å². The van der Waals surface area contributed by atoms with E-state index in [4.69, 9.17) is 0 Å². The van der Waals surface area contributed by atoms with Crippen molar-refractivity contribution in [2.24, 2.45) is 0 Å². The molecular weight excluding hydrogens is 326 g/mol. The second-order valence-corrected chi connectivity index (χ2v) is 7.12. The molecule has 0 amide bonds. The van der Waals surface area contributed by atoms with Gasteiger partial charge in [0, 0.05) is 12.1 Å². The minimum Gasteiger partial charge on any atom is -0.378 e. The van der Waals surface area contributed by atoms with Crippen LogP contribution in [0.15, 0.2) is 91.7 Å². The minimum atomic E-state index is 0.0890. The lowest BCUT2D eigenvalue weighted by Gasteiger charge is -2.23. The number of hydrogen-bond acceptors (Lipinski definition) is 1. The van der Waals surface area contributed by atoms with Crippen molar-refractivity contribution in [3.63, 3.8) is 0 Å². The van der Waals surface area contributed by atoms with Crippen molar-refractivity contribution in [1.29, 1.82) is 0 Å². The molecule has 1 heteroatoms. The van der Waals surface area contributed by atoms with Gasteiger partial charge in [0.25, 0.3) is 0 Å². The summed E-state index contributed by atoms with van der Waals surface area (Å²) in [4.78, 5) is 0. The summed E-state index contributed by atoms with van der Waals surface area (Å²) in [6.07, 6.45) is 2.66. The highest BCUT2D eigenvalue weighted by Crippen LogP contribution is 2.24. The molecule has 0 fully saturated rings. The van der Waals surface area contributed by atoms with Gasteiger partial charge in [0.15, 0.2) is 0 Å². The van der Waals surface area contributed by atoms with Crippen molar-refractivity contribution in [3.05, 3.63) is 125 Å². The molecule has 0 aromatic heterocycles. The maximum atomic E-state index is 4.29. The van der Waals surface area contributed by atoms with Crippen LogP contribution in [0.3, 0.4) is 0 Å². The molecule has 3 aromatic rings. The number of hydrogen-bond donors (Lipinski definition) is 1. The first-order chi connectivity index (χ1) is 13.0. The Hall–Kier alpha value is -3.06. The molecule has 0 unspecified atom stereocenters. The molecule has 0 spiro atoms. The molecule has 3 rings (SSSR count). The summed E-state index contributed by atoms with van der Waals surface area (Å²) in [6.45, 7) is 12.3. The number of nitrogens with one attached hydrogen (secondary N) is 1. The molecule has 1 nitrogen and oxygen atoms in total. The van der Waals surface area contributed by atoms with E-state index in [2.05, 4.69) is 105 Å². The zero-order chi connectivity index (χ0) is 19.2. The molecule has 0 aliphatic heterocycles. The van der Waals surface area contributed by atoms with Crippen molar-refractivity contribution in [1.82, 2.24) is 5.32 Å². The van der Waals surface area contributed by atoms with Crippen molar-refractivity contribution in [2.75, 3.05) is 0 Å². The van der Waals surface area contributed by atoms with Crippen LogP contribution in [0.5, 0.6) is 0 Å². The summed E-state index contributed by atoms with van der Waals surface area (Å²) in [6, 6.07) is 26.0. The van der Waals surface area contributed by atoms with Gasteiger partial charge < -0.3 is 5.32 Å². The maximum Gasteiger partial charge on any atom is 0.0764 e. The summed E-state index contributed by atoms with van der Waals surface area (Å²) in [5, 5.41) is 3.65. The number of allylic oxidation sites excluding steroid dienone is 1. The molecule has 0 saturated heterocycles. The minimum absolute atomic E-state index is 0.0890. The third-order valence-electron chi connectivity index (χ3n) is 4.80. The zero-order valence-corrected chi connectivity index (χ0v) is 16.2. The van der Waals surface area contributed by atoms with Crippen LogP contribution < -0.4 is 5.32 Å². The quantitative estimate of drug-likeness (QED) is 0.519. The Labute approximate surface area is 163 Å². The van der Waals surface area contributed by atoms with E-state index in [0.29, 0.717) is 0 Å². The highest BCUT2D eigenvalue weighted by atomic mass is 14.9. The number of aryl methyl sites for hydroxylation is 2. The van der Waals surface area contributed by atoms with E-state index in [1.54, 1.807) is 0 Å². The fourth-order valence-corrected chi connectivity index (χ4v) is 3.15. The Bertz CT molecular complexity index is 854. The van der Waals surface area contributed by atoms with Gasteiger partial charge in [-0.3, -0.25) is 0 Å². The molecule has 3 aromatic carbocycles. The van der Waals surface area contributed by atoms with Gasteiger partial charge in [0.05, 0.1) is 6.04 Å². The lowest BCUT2D eigenvalue weighted by molar-refractivity contribution is 0.678. The van der Waals surface area contributed by atoms with Gasteiger partial charge in [-0.2, -0.15) is 0 Å².